The smallest absolute Gasteiger partial charge is 0.387 e. The third-order valence-corrected chi connectivity index (χ3v) is 1.27. The standard InChI is InChI=1S/C7H5F4NO/c8-3-1-5(12)6(2-4(3)9)13-7(10)11/h1-2,7H,12H2. The summed E-state index contributed by atoms with van der Waals surface area (Å²) in [7, 11) is 0. The summed E-state index contributed by atoms with van der Waals surface area (Å²) in [6.45, 7) is -3.12. The van der Waals surface area contributed by atoms with Gasteiger partial charge in [0.2, 0.25) is 0 Å². The van der Waals surface area contributed by atoms with E-state index in [1.54, 1.807) is 0 Å². The third-order valence-electron chi connectivity index (χ3n) is 1.27. The Morgan fingerprint density at radius 3 is 2.23 bits per heavy atom. The summed E-state index contributed by atoms with van der Waals surface area (Å²) in [6, 6.07) is 1.05. The summed E-state index contributed by atoms with van der Waals surface area (Å²) in [5.74, 6) is -3.07. The Morgan fingerprint density at radius 2 is 1.69 bits per heavy atom. The molecule has 0 radical (unpaired) electrons. The fraction of sp³-hybridized carbons (Fsp3) is 0.143. The maximum absolute atomic E-state index is 12.5. The molecule has 0 spiro atoms. The van der Waals surface area contributed by atoms with E-state index in [1.165, 1.54) is 0 Å². The van der Waals surface area contributed by atoms with Gasteiger partial charge in [0.05, 0.1) is 5.69 Å². The van der Waals surface area contributed by atoms with Crippen LogP contribution in [0.2, 0.25) is 0 Å². The molecule has 0 saturated carbocycles. The zero-order chi connectivity index (χ0) is 10.0. The van der Waals surface area contributed by atoms with Crippen LogP contribution in [0, 0.1) is 11.6 Å². The maximum Gasteiger partial charge on any atom is 0.387 e. The van der Waals surface area contributed by atoms with Crippen LogP contribution < -0.4 is 10.5 Å². The van der Waals surface area contributed by atoms with Crippen molar-refractivity contribution in [3.8, 4) is 5.75 Å². The number of rotatable bonds is 2. The number of ether oxygens (including phenoxy) is 1. The van der Waals surface area contributed by atoms with E-state index >= 15 is 0 Å². The van der Waals surface area contributed by atoms with Gasteiger partial charge < -0.3 is 10.5 Å². The van der Waals surface area contributed by atoms with Crippen LogP contribution in [0.5, 0.6) is 5.75 Å². The Balaban J connectivity index is 3.01. The Morgan fingerprint density at radius 1 is 1.15 bits per heavy atom. The molecule has 13 heavy (non-hydrogen) atoms. The second-order valence-corrected chi connectivity index (χ2v) is 2.18. The molecule has 1 aromatic rings. The largest absolute Gasteiger partial charge is 0.433 e. The van der Waals surface area contributed by atoms with Crippen LogP contribution in [-0.2, 0) is 0 Å². The topological polar surface area (TPSA) is 35.2 Å². The van der Waals surface area contributed by atoms with Crippen LogP contribution in [0.15, 0.2) is 12.1 Å². The Kier molecular flexibility index (Phi) is 2.60. The normalized spacial score (nSPS) is 10.5. The van der Waals surface area contributed by atoms with Gasteiger partial charge in [-0.2, -0.15) is 8.78 Å². The summed E-state index contributed by atoms with van der Waals surface area (Å²) >= 11 is 0. The zero-order valence-corrected chi connectivity index (χ0v) is 6.23. The van der Waals surface area contributed by atoms with Crippen molar-refractivity contribution in [1.82, 2.24) is 0 Å². The van der Waals surface area contributed by atoms with Crippen LogP contribution in [0.4, 0.5) is 23.2 Å². The summed E-state index contributed by atoms with van der Waals surface area (Å²) in [4.78, 5) is 0. The van der Waals surface area contributed by atoms with Crippen molar-refractivity contribution >= 4 is 5.69 Å². The lowest BCUT2D eigenvalue weighted by atomic mass is 10.3. The average molecular weight is 195 g/mol. The van der Waals surface area contributed by atoms with Gasteiger partial charge in [-0.1, -0.05) is 0 Å². The fourth-order valence-corrected chi connectivity index (χ4v) is 0.742. The summed E-state index contributed by atoms with van der Waals surface area (Å²) in [6.07, 6.45) is 0. The van der Waals surface area contributed by atoms with E-state index in [9.17, 15) is 17.6 Å². The predicted molar refractivity (Wildman–Crippen MR) is 37.4 cm³/mol. The first-order chi connectivity index (χ1) is 6.00. The number of hydrogen-bond acceptors (Lipinski definition) is 2. The molecule has 0 heterocycles. The molecule has 0 saturated heterocycles. The maximum atomic E-state index is 12.5. The summed E-state index contributed by atoms with van der Waals surface area (Å²) < 4.78 is 51.9. The third kappa shape index (κ3) is 2.24. The first-order valence-electron chi connectivity index (χ1n) is 3.20. The lowest BCUT2D eigenvalue weighted by Crippen LogP contribution is -2.05. The highest BCUT2D eigenvalue weighted by molar-refractivity contribution is 5.52. The molecule has 0 bridgehead atoms. The van der Waals surface area contributed by atoms with E-state index in [-0.39, 0.29) is 5.69 Å². The van der Waals surface area contributed by atoms with Gasteiger partial charge in [-0.3, -0.25) is 0 Å². The van der Waals surface area contributed by atoms with Crippen LogP contribution in [0.1, 0.15) is 0 Å². The molecule has 2 N–H and O–H groups in total. The molecular weight excluding hydrogens is 190 g/mol. The van der Waals surface area contributed by atoms with Gasteiger partial charge in [-0.25, -0.2) is 8.78 Å². The molecule has 0 aliphatic rings. The van der Waals surface area contributed by atoms with Gasteiger partial charge in [0.25, 0.3) is 0 Å². The molecule has 0 fully saturated rings. The molecule has 0 aliphatic heterocycles. The number of anilines is 1. The number of alkyl halides is 2. The highest BCUT2D eigenvalue weighted by Gasteiger charge is 2.12. The van der Waals surface area contributed by atoms with Crippen molar-refractivity contribution in [1.29, 1.82) is 0 Å². The number of nitrogen functional groups attached to an aromatic ring is 1. The van der Waals surface area contributed by atoms with Crippen molar-refractivity contribution in [2.24, 2.45) is 0 Å². The second-order valence-electron chi connectivity index (χ2n) is 2.18. The zero-order valence-electron chi connectivity index (χ0n) is 6.23. The Labute approximate surface area is 70.9 Å². The van der Waals surface area contributed by atoms with Gasteiger partial charge in [-0.05, 0) is 0 Å². The van der Waals surface area contributed by atoms with Crippen molar-refractivity contribution in [2.45, 2.75) is 6.61 Å². The van der Waals surface area contributed by atoms with Crippen LogP contribution in [-0.4, -0.2) is 6.61 Å². The van der Waals surface area contributed by atoms with Crippen LogP contribution in [0.25, 0.3) is 0 Å². The van der Waals surface area contributed by atoms with Crippen LogP contribution in [0.3, 0.4) is 0 Å². The van der Waals surface area contributed by atoms with Gasteiger partial charge in [0.1, 0.15) is 0 Å². The minimum Gasteiger partial charge on any atom is -0.433 e. The van der Waals surface area contributed by atoms with Gasteiger partial charge in [-0.15, -0.1) is 0 Å². The molecule has 6 heteroatoms. The van der Waals surface area contributed by atoms with Gasteiger partial charge in [0, 0.05) is 12.1 Å². The summed E-state index contributed by atoms with van der Waals surface area (Å²) in [5.41, 5.74) is 4.70. The minimum atomic E-state index is -3.12. The van der Waals surface area contributed by atoms with E-state index in [4.69, 9.17) is 5.73 Å². The minimum absolute atomic E-state index is 0.376. The molecular formula is C7H5F4NO. The van der Waals surface area contributed by atoms with Crippen molar-refractivity contribution in [2.75, 3.05) is 5.73 Å². The van der Waals surface area contributed by atoms with E-state index < -0.39 is 24.0 Å². The number of halogens is 4. The molecule has 0 atom stereocenters. The lowest BCUT2D eigenvalue weighted by molar-refractivity contribution is -0.0495. The lowest BCUT2D eigenvalue weighted by Gasteiger charge is -2.07. The van der Waals surface area contributed by atoms with Crippen molar-refractivity contribution in [3.63, 3.8) is 0 Å². The Bertz CT molecular complexity index is 316. The molecule has 2 nitrogen and oxygen atoms in total. The number of nitrogens with two attached hydrogens (primary N) is 1. The fourth-order valence-electron chi connectivity index (χ4n) is 0.742. The molecule has 1 rings (SSSR count). The van der Waals surface area contributed by atoms with Gasteiger partial charge in [0.15, 0.2) is 17.4 Å². The highest BCUT2D eigenvalue weighted by Crippen LogP contribution is 2.25. The molecule has 0 unspecified atom stereocenters. The van der Waals surface area contributed by atoms with E-state index in [1.807, 2.05) is 0 Å². The van der Waals surface area contributed by atoms with Crippen molar-refractivity contribution in [3.05, 3.63) is 23.8 Å². The average Bonchev–Trinajstić information content (AvgIpc) is 1.99. The molecule has 0 amide bonds. The van der Waals surface area contributed by atoms with E-state index in [0.717, 1.165) is 0 Å². The first-order valence-corrected chi connectivity index (χ1v) is 3.20. The molecule has 0 aromatic heterocycles. The molecule has 0 aliphatic carbocycles. The van der Waals surface area contributed by atoms with Crippen LogP contribution >= 0.6 is 0 Å². The number of benzene rings is 1. The monoisotopic (exact) mass is 195 g/mol. The van der Waals surface area contributed by atoms with Gasteiger partial charge >= 0.3 is 6.61 Å². The second kappa shape index (κ2) is 3.51. The number of hydrogen-bond donors (Lipinski definition) is 1. The Hall–Kier alpha value is -1.46. The quantitative estimate of drug-likeness (QED) is 0.579. The van der Waals surface area contributed by atoms with Crippen molar-refractivity contribution < 1.29 is 22.3 Å². The molecule has 1 aromatic carbocycles. The predicted octanol–water partition coefficient (Wildman–Crippen LogP) is 2.15. The van der Waals surface area contributed by atoms with E-state index in [0.29, 0.717) is 12.1 Å². The first kappa shape index (κ1) is 9.63. The summed E-state index contributed by atoms with van der Waals surface area (Å²) in [5, 5.41) is 0. The molecule has 72 valence electrons. The van der Waals surface area contributed by atoms with E-state index in [2.05, 4.69) is 4.74 Å². The SMILES string of the molecule is Nc1cc(F)c(F)cc1OC(F)F. The highest BCUT2D eigenvalue weighted by atomic mass is 19.3.